The van der Waals surface area contributed by atoms with E-state index in [1.165, 1.54) is 11.1 Å². The Morgan fingerprint density at radius 3 is 2.80 bits per heavy atom. The number of carbonyl (C=O) groups is 1. The average molecular weight is 200 g/mol. The first-order valence-electron chi connectivity index (χ1n) is 5.44. The van der Waals surface area contributed by atoms with Crippen LogP contribution < -0.4 is 0 Å². The van der Waals surface area contributed by atoms with Crippen molar-refractivity contribution in [2.24, 2.45) is 5.92 Å². The van der Waals surface area contributed by atoms with Crippen LogP contribution in [-0.4, -0.2) is 5.78 Å². The van der Waals surface area contributed by atoms with Crippen molar-refractivity contribution in [3.63, 3.8) is 0 Å². The highest BCUT2D eigenvalue weighted by Gasteiger charge is 2.20. The van der Waals surface area contributed by atoms with Crippen LogP contribution in [0, 0.1) is 12.8 Å². The number of Topliss-reactive ketones (excluding diaryl/α,β-unsaturated/α-hetero) is 1. The molecule has 0 N–H and O–H groups in total. The molecule has 1 aliphatic carbocycles. The van der Waals surface area contributed by atoms with Crippen molar-refractivity contribution in [1.82, 2.24) is 0 Å². The molecule has 0 heterocycles. The number of hydrogen-bond acceptors (Lipinski definition) is 1. The van der Waals surface area contributed by atoms with Gasteiger partial charge in [-0.15, -0.1) is 0 Å². The number of rotatable bonds is 2. The molecular formula is C14H16O. The molecule has 78 valence electrons. The van der Waals surface area contributed by atoms with Gasteiger partial charge in [-0.2, -0.15) is 0 Å². The summed E-state index contributed by atoms with van der Waals surface area (Å²) in [6, 6.07) is 8.37. The summed E-state index contributed by atoms with van der Waals surface area (Å²) in [7, 11) is 0. The van der Waals surface area contributed by atoms with Crippen molar-refractivity contribution in [2.45, 2.75) is 26.7 Å². The lowest BCUT2D eigenvalue weighted by Gasteiger charge is -2.02. The number of hydrogen-bond donors (Lipinski definition) is 0. The smallest absolute Gasteiger partial charge is 0.159 e. The first kappa shape index (κ1) is 10.2. The molecular weight excluding hydrogens is 184 g/mol. The van der Waals surface area contributed by atoms with E-state index in [0.29, 0.717) is 18.1 Å². The van der Waals surface area contributed by atoms with Crippen molar-refractivity contribution < 1.29 is 4.79 Å². The Morgan fingerprint density at radius 1 is 1.40 bits per heavy atom. The van der Waals surface area contributed by atoms with Crippen molar-refractivity contribution in [2.75, 3.05) is 0 Å². The maximum absolute atomic E-state index is 11.6. The van der Waals surface area contributed by atoms with Crippen LogP contribution in [0.5, 0.6) is 0 Å². The van der Waals surface area contributed by atoms with Crippen molar-refractivity contribution in [3.05, 3.63) is 47.0 Å². The van der Waals surface area contributed by atoms with E-state index in [1.54, 1.807) is 0 Å². The zero-order valence-corrected chi connectivity index (χ0v) is 9.29. The molecule has 0 aliphatic heterocycles. The van der Waals surface area contributed by atoms with Crippen LogP contribution in [0.4, 0.5) is 0 Å². The second kappa shape index (κ2) is 4.01. The van der Waals surface area contributed by atoms with Crippen LogP contribution in [0.3, 0.4) is 0 Å². The molecule has 0 spiro atoms. The molecule has 1 aromatic carbocycles. The summed E-state index contributed by atoms with van der Waals surface area (Å²) in [4.78, 5) is 11.6. The van der Waals surface area contributed by atoms with E-state index in [1.807, 2.05) is 6.07 Å². The average Bonchev–Trinajstić information content (AvgIpc) is 2.45. The molecule has 0 saturated carbocycles. The maximum Gasteiger partial charge on any atom is 0.159 e. The molecule has 1 unspecified atom stereocenters. The molecule has 1 aliphatic rings. The van der Waals surface area contributed by atoms with Crippen molar-refractivity contribution in [1.29, 1.82) is 0 Å². The van der Waals surface area contributed by atoms with Gasteiger partial charge in [0.05, 0.1) is 0 Å². The first-order chi connectivity index (χ1) is 7.15. The van der Waals surface area contributed by atoms with Crippen LogP contribution >= 0.6 is 0 Å². The number of carbonyl (C=O) groups excluding carboxylic acids is 1. The Labute approximate surface area is 90.8 Å². The lowest BCUT2D eigenvalue weighted by Crippen LogP contribution is -2.00. The number of ketones is 1. The predicted molar refractivity (Wildman–Crippen MR) is 61.8 cm³/mol. The van der Waals surface area contributed by atoms with E-state index in [9.17, 15) is 4.79 Å². The van der Waals surface area contributed by atoms with E-state index in [2.05, 4.69) is 38.1 Å². The maximum atomic E-state index is 11.6. The van der Waals surface area contributed by atoms with Crippen LogP contribution in [0.15, 0.2) is 35.9 Å². The zero-order chi connectivity index (χ0) is 10.8. The Hall–Kier alpha value is -1.37. The fourth-order valence-corrected chi connectivity index (χ4v) is 2.12. The summed E-state index contributed by atoms with van der Waals surface area (Å²) in [6.07, 6.45) is 3.61. The number of allylic oxidation sites excluding steroid dienone is 2. The lowest BCUT2D eigenvalue weighted by atomic mass is 10.0. The van der Waals surface area contributed by atoms with Gasteiger partial charge in [0.2, 0.25) is 0 Å². The van der Waals surface area contributed by atoms with Gasteiger partial charge < -0.3 is 0 Å². The quantitative estimate of drug-likeness (QED) is 0.717. The van der Waals surface area contributed by atoms with Gasteiger partial charge in [0, 0.05) is 12.8 Å². The van der Waals surface area contributed by atoms with Gasteiger partial charge in [-0.05, 0) is 24.0 Å². The molecule has 0 radical (unpaired) electrons. The summed E-state index contributed by atoms with van der Waals surface area (Å²) in [5.74, 6) is 0.751. The Morgan fingerprint density at radius 2 is 2.20 bits per heavy atom. The van der Waals surface area contributed by atoms with E-state index in [-0.39, 0.29) is 0 Å². The summed E-state index contributed by atoms with van der Waals surface area (Å²) in [5, 5.41) is 0. The van der Waals surface area contributed by atoms with Crippen molar-refractivity contribution in [3.8, 4) is 0 Å². The third-order valence-electron chi connectivity index (χ3n) is 2.83. The molecule has 0 aromatic heterocycles. The number of aryl methyl sites for hydroxylation is 1. The van der Waals surface area contributed by atoms with E-state index >= 15 is 0 Å². The van der Waals surface area contributed by atoms with Crippen LogP contribution in [0.1, 0.15) is 24.5 Å². The minimum absolute atomic E-state index is 0.323. The molecule has 1 nitrogen and oxygen atoms in total. The Kier molecular flexibility index (Phi) is 2.72. The molecule has 2 rings (SSSR count). The highest BCUT2D eigenvalue weighted by atomic mass is 16.1. The number of benzene rings is 1. The molecule has 0 bridgehead atoms. The highest BCUT2D eigenvalue weighted by molar-refractivity contribution is 5.98. The van der Waals surface area contributed by atoms with Gasteiger partial charge in [-0.1, -0.05) is 42.8 Å². The zero-order valence-electron chi connectivity index (χ0n) is 9.29. The van der Waals surface area contributed by atoms with Gasteiger partial charge in [0.15, 0.2) is 5.78 Å². The highest BCUT2D eigenvalue weighted by Crippen LogP contribution is 2.23. The Bertz CT molecular complexity index is 415. The Balaban J connectivity index is 2.16. The van der Waals surface area contributed by atoms with Gasteiger partial charge in [0.25, 0.3) is 0 Å². The normalized spacial score (nSPS) is 20.5. The minimum Gasteiger partial charge on any atom is -0.295 e. The molecule has 0 saturated heterocycles. The first-order valence-corrected chi connectivity index (χ1v) is 5.44. The van der Waals surface area contributed by atoms with Gasteiger partial charge >= 0.3 is 0 Å². The second-order valence-electron chi connectivity index (χ2n) is 4.46. The van der Waals surface area contributed by atoms with Crippen LogP contribution in [0.25, 0.3) is 0 Å². The van der Waals surface area contributed by atoms with Crippen LogP contribution in [0.2, 0.25) is 0 Å². The van der Waals surface area contributed by atoms with E-state index < -0.39 is 0 Å². The molecule has 0 amide bonds. The largest absolute Gasteiger partial charge is 0.295 e. The SMILES string of the molecule is Cc1cccc(CC2=CC(C)CC2=O)c1. The third-order valence-corrected chi connectivity index (χ3v) is 2.83. The topological polar surface area (TPSA) is 17.1 Å². The minimum atomic E-state index is 0.323. The summed E-state index contributed by atoms with van der Waals surface area (Å²) in [5.41, 5.74) is 3.49. The lowest BCUT2D eigenvalue weighted by molar-refractivity contribution is -0.115. The summed E-state index contributed by atoms with van der Waals surface area (Å²) in [6.45, 7) is 4.18. The predicted octanol–water partition coefficient (Wildman–Crippen LogP) is 3.07. The molecule has 1 atom stereocenters. The molecule has 1 heteroatoms. The molecule has 0 fully saturated rings. The van der Waals surface area contributed by atoms with Crippen molar-refractivity contribution >= 4 is 5.78 Å². The monoisotopic (exact) mass is 200 g/mol. The molecule has 15 heavy (non-hydrogen) atoms. The summed E-state index contributed by atoms with van der Waals surface area (Å²) < 4.78 is 0. The fraction of sp³-hybridized carbons (Fsp3) is 0.357. The van der Waals surface area contributed by atoms with Gasteiger partial charge in [-0.3, -0.25) is 4.79 Å². The van der Waals surface area contributed by atoms with E-state index in [4.69, 9.17) is 0 Å². The van der Waals surface area contributed by atoms with Crippen LogP contribution in [-0.2, 0) is 11.2 Å². The van der Waals surface area contributed by atoms with E-state index in [0.717, 1.165) is 12.0 Å². The third kappa shape index (κ3) is 2.35. The van der Waals surface area contributed by atoms with Gasteiger partial charge in [0.1, 0.15) is 0 Å². The summed E-state index contributed by atoms with van der Waals surface area (Å²) >= 11 is 0. The van der Waals surface area contributed by atoms with Gasteiger partial charge in [-0.25, -0.2) is 0 Å². The standard InChI is InChI=1S/C14H16O/c1-10-4-3-5-12(6-10)9-13-7-11(2)8-14(13)15/h3-7,11H,8-9H2,1-2H3. The fourth-order valence-electron chi connectivity index (χ4n) is 2.12. The second-order valence-corrected chi connectivity index (χ2v) is 4.46. The molecule has 1 aromatic rings.